The molecule has 3 heterocycles. The van der Waals surface area contributed by atoms with Gasteiger partial charge in [0.15, 0.2) is 0 Å². The number of methoxy groups -OCH3 is 1. The summed E-state index contributed by atoms with van der Waals surface area (Å²) in [5.74, 6) is 0. The van der Waals surface area contributed by atoms with Gasteiger partial charge < -0.3 is 18.9 Å². The molecule has 0 aromatic rings. The molecule has 0 aromatic heterocycles. The monoisotopic (exact) mass is 542 g/mol. The van der Waals surface area contributed by atoms with E-state index in [-0.39, 0.29) is 6.10 Å². The van der Waals surface area contributed by atoms with Crippen molar-refractivity contribution in [2.75, 3.05) is 20.3 Å². The largest absolute Gasteiger partial charge is 0.444 e. The molecular weight excluding hydrogens is 529 g/mol. The Balaban J connectivity index is 1.63. The average Bonchev–Trinajstić information content (AvgIpc) is 3.21. The summed E-state index contributed by atoms with van der Waals surface area (Å²) in [6, 6.07) is -1.32. The molecule has 3 fully saturated rings. The third-order valence-electron chi connectivity index (χ3n) is 5.72. The standard InChI is InChI=1S/C16H16Cl6N2O6/c1-27-8-4-13-9-2-3-10(14(13,5-8)30-13)24(12(26)29-7-16(20,21)22)23(9)11(25)28-6-15(17,18)19/h2-3,8-10H,4-7H2,1H3/t8?,9-,10+,13-,14-/m1/s1. The fourth-order valence-electron chi connectivity index (χ4n) is 4.68. The van der Waals surface area contributed by atoms with E-state index in [2.05, 4.69) is 0 Å². The highest BCUT2D eigenvalue weighted by Gasteiger charge is 2.86. The van der Waals surface area contributed by atoms with E-state index in [4.69, 9.17) is 88.6 Å². The van der Waals surface area contributed by atoms with Gasteiger partial charge in [-0.15, -0.1) is 0 Å². The Morgan fingerprint density at radius 2 is 1.33 bits per heavy atom. The maximum Gasteiger partial charge on any atom is 0.429 e. The summed E-state index contributed by atoms with van der Waals surface area (Å²) in [4.78, 5) is 25.9. The predicted molar refractivity (Wildman–Crippen MR) is 110 cm³/mol. The van der Waals surface area contributed by atoms with Crippen LogP contribution in [0.3, 0.4) is 0 Å². The van der Waals surface area contributed by atoms with Gasteiger partial charge in [-0.2, -0.15) is 0 Å². The fraction of sp³-hybridized carbons (Fsp3) is 0.750. The molecule has 2 aliphatic carbocycles. The van der Waals surface area contributed by atoms with Crippen molar-refractivity contribution in [3.63, 3.8) is 0 Å². The number of hydrogen-bond acceptors (Lipinski definition) is 6. The second-order valence-electron chi connectivity index (χ2n) is 7.45. The Hall–Kier alpha value is -0.0600. The van der Waals surface area contributed by atoms with Gasteiger partial charge in [0, 0.05) is 20.0 Å². The summed E-state index contributed by atoms with van der Waals surface area (Å²) in [6.45, 7) is -1.05. The third kappa shape index (κ3) is 3.71. The summed E-state index contributed by atoms with van der Waals surface area (Å²) >= 11 is 34.1. The fourth-order valence-corrected chi connectivity index (χ4v) is 5.00. The van der Waals surface area contributed by atoms with E-state index >= 15 is 0 Å². The van der Waals surface area contributed by atoms with Gasteiger partial charge in [0.2, 0.25) is 7.59 Å². The van der Waals surface area contributed by atoms with E-state index < -0.39 is 56.3 Å². The van der Waals surface area contributed by atoms with Crippen LogP contribution in [-0.2, 0) is 18.9 Å². The van der Waals surface area contributed by atoms with Gasteiger partial charge in [0.25, 0.3) is 0 Å². The lowest BCUT2D eigenvalue weighted by molar-refractivity contribution is -0.0881. The molecule has 5 atom stereocenters. The zero-order valence-corrected chi connectivity index (χ0v) is 19.9. The molecule has 1 unspecified atom stereocenters. The number of hydrazine groups is 1. The van der Waals surface area contributed by atoms with Gasteiger partial charge in [-0.25, -0.2) is 19.6 Å². The number of rotatable bonds is 3. The van der Waals surface area contributed by atoms with Crippen LogP contribution in [0, 0.1) is 0 Å². The third-order valence-corrected chi connectivity index (χ3v) is 6.37. The van der Waals surface area contributed by atoms with E-state index in [1.165, 1.54) is 0 Å². The predicted octanol–water partition coefficient (Wildman–Crippen LogP) is 4.16. The molecule has 2 saturated heterocycles. The lowest BCUT2D eigenvalue weighted by Gasteiger charge is -2.50. The molecule has 8 nitrogen and oxygen atoms in total. The van der Waals surface area contributed by atoms with E-state index in [9.17, 15) is 9.59 Å². The van der Waals surface area contributed by atoms with Crippen molar-refractivity contribution in [3.05, 3.63) is 12.2 Å². The quantitative estimate of drug-likeness (QED) is 0.301. The normalized spacial score (nSPS) is 36.4. The Morgan fingerprint density at radius 1 is 0.933 bits per heavy atom. The molecule has 0 radical (unpaired) electrons. The maximum atomic E-state index is 12.9. The maximum absolute atomic E-state index is 12.9. The number of halogens is 6. The van der Waals surface area contributed by atoms with E-state index in [1.807, 2.05) is 0 Å². The Morgan fingerprint density at radius 3 is 1.67 bits per heavy atom. The molecule has 5 rings (SSSR count). The van der Waals surface area contributed by atoms with Gasteiger partial charge in [0.1, 0.15) is 36.5 Å². The van der Waals surface area contributed by atoms with Crippen molar-refractivity contribution >= 4 is 81.8 Å². The van der Waals surface area contributed by atoms with Crippen LogP contribution >= 0.6 is 69.6 Å². The molecule has 0 aromatic carbocycles. The zero-order chi connectivity index (χ0) is 22.1. The Kier molecular flexibility index (Phi) is 5.77. The van der Waals surface area contributed by atoms with Gasteiger partial charge in [-0.05, 0) is 0 Å². The number of amides is 2. The number of ether oxygens (including phenoxy) is 4. The first-order chi connectivity index (χ1) is 13.8. The molecule has 1 saturated carbocycles. The lowest BCUT2D eigenvalue weighted by atomic mass is 9.76. The van der Waals surface area contributed by atoms with Crippen LogP contribution in [0.2, 0.25) is 0 Å². The van der Waals surface area contributed by atoms with Crippen LogP contribution in [0.25, 0.3) is 0 Å². The number of alkyl halides is 6. The van der Waals surface area contributed by atoms with Crippen molar-refractivity contribution in [1.82, 2.24) is 10.0 Å². The van der Waals surface area contributed by atoms with E-state index in [0.717, 1.165) is 10.0 Å². The summed E-state index contributed by atoms with van der Waals surface area (Å²) in [5.41, 5.74) is -1.42. The molecule has 30 heavy (non-hydrogen) atoms. The summed E-state index contributed by atoms with van der Waals surface area (Å²) in [7, 11) is 1.60. The molecule has 14 heteroatoms. The Labute approximate surface area is 202 Å². The Bertz CT molecular complexity index is 727. The first-order valence-electron chi connectivity index (χ1n) is 8.80. The molecule has 168 valence electrons. The zero-order valence-electron chi connectivity index (χ0n) is 15.3. The van der Waals surface area contributed by atoms with Crippen LogP contribution in [-0.4, -0.2) is 79.5 Å². The van der Waals surface area contributed by atoms with Crippen molar-refractivity contribution in [2.45, 2.75) is 49.8 Å². The molecule has 5 aliphatic rings. The molecule has 0 N–H and O–H groups in total. The molecular formula is C16H16Cl6N2O6. The number of carbonyl (C=O) groups excluding carboxylic acids is 2. The number of nitrogens with zero attached hydrogens (tertiary/aromatic N) is 2. The van der Waals surface area contributed by atoms with Crippen LogP contribution in [0.1, 0.15) is 12.8 Å². The second kappa shape index (κ2) is 7.48. The minimum atomic E-state index is -1.83. The minimum absolute atomic E-state index is 0.0974. The molecule has 2 amide bonds. The van der Waals surface area contributed by atoms with Crippen molar-refractivity contribution in [2.24, 2.45) is 0 Å². The molecule has 0 spiro atoms. The van der Waals surface area contributed by atoms with Gasteiger partial charge in [-0.3, -0.25) is 0 Å². The van der Waals surface area contributed by atoms with Crippen molar-refractivity contribution < 1.29 is 28.5 Å². The minimum Gasteiger partial charge on any atom is -0.444 e. The second-order valence-corrected chi connectivity index (χ2v) is 12.5. The highest BCUT2D eigenvalue weighted by atomic mass is 35.6. The van der Waals surface area contributed by atoms with Gasteiger partial charge >= 0.3 is 12.2 Å². The highest BCUT2D eigenvalue weighted by molar-refractivity contribution is 6.68. The summed E-state index contributed by atoms with van der Waals surface area (Å²) in [6.07, 6.45) is 2.73. The highest BCUT2D eigenvalue weighted by Crippen LogP contribution is 2.70. The summed E-state index contributed by atoms with van der Waals surface area (Å²) in [5, 5.41) is 2.20. The van der Waals surface area contributed by atoms with E-state index in [0.29, 0.717) is 12.8 Å². The number of fused-ring (bicyclic) bond motifs is 1. The van der Waals surface area contributed by atoms with Gasteiger partial charge in [0.05, 0.1) is 6.10 Å². The smallest absolute Gasteiger partial charge is 0.429 e. The van der Waals surface area contributed by atoms with Crippen molar-refractivity contribution in [3.8, 4) is 0 Å². The van der Waals surface area contributed by atoms with Crippen LogP contribution in [0.5, 0.6) is 0 Å². The SMILES string of the molecule is COC1C[C@]23O[C@]2(C1)[C@H]1C=C[C@@H]3N(C(=O)OCC(Cl)(Cl)Cl)N1C(=O)OCC(Cl)(Cl)Cl. The molecule has 2 bridgehead atoms. The van der Waals surface area contributed by atoms with Crippen LogP contribution in [0.15, 0.2) is 12.2 Å². The lowest BCUT2D eigenvalue weighted by Crippen LogP contribution is -2.71. The first kappa shape index (κ1) is 23.1. The topological polar surface area (TPSA) is 80.8 Å². The van der Waals surface area contributed by atoms with Gasteiger partial charge in [-0.1, -0.05) is 81.8 Å². The molecule has 3 aliphatic heterocycles. The van der Waals surface area contributed by atoms with E-state index in [1.54, 1.807) is 19.3 Å². The average molecular weight is 545 g/mol. The summed E-state index contributed by atoms with van der Waals surface area (Å²) < 4.78 is 18.3. The van der Waals surface area contributed by atoms with Crippen LogP contribution < -0.4 is 0 Å². The number of hydrogen-bond donors (Lipinski definition) is 0. The number of carbonyl (C=O) groups is 2. The first-order valence-corrected chi connectivity index (χ1v) is 11.1. The number of epoxide rings is 1. The van der Waals surface area contributed by atoms with Crippen molar-refractivity contribution in [1.29, 1.82) is 0 Å². The van der Waals surface area contributed by atoms with Crippen LogP contribution in [0.4, 0.5) is 9.59 Å².